The average Bonchev–Trinajstić information content (AvgIpc) is 2.12. The SMILES string of the molecule is [Na+].[O-][P+]([O-])=C(O)[C@H](O)[C@H](O)[C@H](O)CO. The predicted octanol–water partition coefficient (Wildman–Crippen LogP) is -7.40. The molecule has 0 aromatic carbocycles. The Hall–Kier alpha value is 0.890. The zero-order valence-corrected chi connectivity index (χ0v) is 10.3. The van der Waals surface area contributed by atoms with E-state index in [-0.39, 0.29) is 29.6 Å². The minimum absolute atomic E-state index is 0. The Morgan fingerprint density at radius 3 is 1.93 bits per heavy atom. The summed E-state index contributed by atoms with van der Waals surface area (Å²) in [6, 6.07) is 0. The summed E-state index contributed by atoms with van der Waals surface area (Å²) < 4.78 is 0. The summed E-state index contributed by atoms with van der Waals surface area (Å²) in [6.45, 7) is -0.860. The second kappa shape index (κ2) is 8.09. The van der Waals surface area contributed by atoms with Crippen LogP contribution in [0.5, 0.6) is 0 Å². The van der Waals surface area contributed by atoms with Gasteiger partial charge in [-0.1, -0.05) is 0 Å². The quantitative estimate of drug-likeness (QED) is 0.240. The molecular weight excluding hydrogens is 226 g/mol. The van der Waals surface area contributed by atoms with Crippen molar-refractivity contribution in [3.05, 3.63) is 0 Å². The van der Waals surface area contributed by atoms with E-state index >= 15 is 0 Å². The first-order valence-electron chi connectivity index (χ1n) is 3.27. The van der Waals surface area contributed by atoms with Gasteiger partial charge in [0.2, 0.25) is 5.48 Å². The van der Waals surface area contributed by atoms with Crippen molar-refractivity contribution in [1.29, 1.82) is 0 Å². The van der Waals surface area contributed by atoms with Crippen LogP contribution in [-0.2, 0) is 0 Å². The van der Waals surface area contributed by atoms with Crippen LogP contribution in [0.2, 0.25) is 0 Å². The zero-order chi connectivity index (χ0) is 10.6. The molecule has 0 heterocycles. The van der Waals surface area contributed by atoms with E-state index in [4.69, 9.17) is 25.5 Å². The van der Waals surface area contributed by atoms with Crippen LogP contribution in [0.3, 0.4) is 0 Å². The molecule has 0 bridgehead atoms. The molecule has 0 fully saturated rings. The van der Waals surface area contributed by atoms with E-state index in [1.54, 1.807) is 0 Å². The number of hydrogen-bond acceptors (Lipinski definition) is 6. The van der Waals surface area contributed by atoms with E-state index in [9.17, 15) is 9.79 Å². The summed E-state index contributed by atoms with van der Waals surface area (Å²) in [4.78, 5) is 20.2. The van der Waals surface area contributed by atoms with Gasteiger partial charge in [0.15, 0.2) is 6.10 Å². The summed E-state index contributed by atoms with van der Waals surface area (Å²) in [5.74, 6) is 0. The van der Waals surface area contributed by atoms with Gasteiger partial charge >= 0.3 is 29.6 Å². The topological polar surface area (TPSA) is 147 Å². The van der Waals surface area contributed by atoms with Crippen molar-refractivity contribution >= 4 is 13.5 Å². The van der Waals surface area contributed by atoms with Crippen LogP contribution in [0, 0.1) is 0 Å². The molecule has 0 amide bonds. The summed E-state index contributed by atoms with van der Waals surface area (Å²) in [7, 11) is -3.39. The normalized spacial score (nSPS) is 16.5. The Bertz CT molecular complexity index is 195. The molecule has 0 rings (SSSR count). The van der Waals surface area contributed by atoms with Gasteiger partial charge in [-0.05, 0) is 0 Å². The van der Waals surface area contributed by atoms with Crippen molar-refractivity contribution in [2.24, 2.45) is 0 Å². The van der Waals surface area contributed by atoms with E-state index in [0.29, 0.717) is 0 Å². The number of aliphatic hydroxyl groups excluding tert-OH is 5. The Kier molecular flexibility index (Phi) is 9.99. The molecule has 9 heteroatoms. The van der Waals surface area contributed by atoms with E-state index in [2.05, 4.69) is 0 Å². The predicted molar refractivity (Wildman–Crippen MR) is 39.0 cm³/mol. The summed E-state index contributed by atoms with van der Waals surface area (Å²) >= 11 is 0. The molecule has 0 unspecified atom stereocenters. The molecule has 5 N–H and O–H groups in total. The molecule has 0 saturated heterocycles. The number of hydrogen-bond donors (Lipinski definition) is 5. The molecule has 0 aliphatic carbocycles. The van der Waals surface area contributed by atoms with E-state index < -0.39 is 38.4 Å². The molecule has 0 aromatic heterocycles. The Morgan fingerprint density at radius 2 is 1.64 bits per heavy atom. The van der Waals surface area contributed by atoms with Crippen LogP contribution in [0.4, 0.5) is 0 Å². The van der Waals surface area contributed by atoms with Crippen molar-refractivity contribution < 1.29 is 64.9 Å². The van der Waals surface area contributed by atoms with Gasteiger partial charge in [0.05, 0.1) is 6.61 Å². The first kappa shape index (κ1) is 17.3. The van der Waals surface area contributed by atoms with Crippen molar-refractivity contribution in [1.82, 2.24) is 0 Å². The molecule has 0 spiro atoms. The largest absolute Gasteiger partial charge is 1.00 e. The van der Waals surface area contributed by atoms with E-state index in [1.807, 2.05) is 0 Å². The third-order valence-corrected chi connectivity index (χ3v) is 2.00. The maximum absolute atomic E-state index is 10.1. The molecule has 0 aliphatic rings. The smallest absolute Gasteiger partial charge is 0.631 e. The zero-order valence-electron chi connectivity index (χ0n) is 7.44. The molecule has 78 valence electrons. The molecular formula is C5H10NaO7P. The second-order valence-electron chi connectivity index (χ2n) is 2.30. The maximum atomic E-state index is 10.1. The molecule has 0 aliphatic heterocycles. The number of aliphatic hydroxyl groups is 5. The van der Waals surface area contributed by atoms with E-state index in [0.717, 1.165) is 0 Å². The van der Waals surface area contributed by atoms with Crippen LogP contribution >= 0.6 is 8.00 Å². The Labute approximate surface area is 103 Å². The average molecular weight is 236 g/mol. The molecule has 0 saturated carbocycles. The molecule has 3 atom stereocenters. The van der Waals surface area contributed by atoms with Crippen molar-refractivity contribution in [2.75, 3.05) is 6.61 Å². The van der Waals surface area contributed by atoms with Crippen LogP contribution in [-0.4, -0.2) is 55.9 Å². The molecule has 7 nitrogen and oxygen atoms in total. The van der Waals surface area contributed by atoms with Crippen LogP contribution in [0.15, 0.2) is 0 Å². The third kappa shape index (κ3) is 5.11. The Morgan fingerprint density at radius 1 is 1.21 bits per heavy atom. The van der Waals surface area contributed by atoms with E-state index in [1.165, 1.54) is 0 Å². The van der Waals surface area contributed by atoms with Gasteiger partial charge in [-0.3, -0.25) is 0 Å². The fraction of sp³-hybridized carbons (Fsp3) is 0.800. The van der Waals surface area contributed by atoms with Crippen LogP contribution in [0.1, 0.15) is 0 Å². The minimum atomic E-state index is -3.39. The molecule has 0 aromatic rings. The van der Waals surface area contributed by atoms with Gasteiger partial charge in [-0.25, -0.2) is 0 Å². The van der Waals surface area contributed by atoms with Crippen molar-refractivity contribution in [2.45, 2.75) is 18.3 Å². The van der Waals surface area contributed by atoms with Crippen LogP contribution < -0.4 is 39.3 Å². The fourth-order valence-electron chi connectivity index (χ4n) is 0.579. The van der Waals surface area contributed by atoms with Gasteiger partial charge in [0.25, 0.3) is 0 Å². The van der Waals surface area contributed by atoms with Gasteiger partial charge in [-0.15, -0.1) is 0 Å². The standard InChI is InChI=1S/C5H11O7P.Na/c6-1-2(7)3(8)4(9)5(10)13(11)12;/h2-4,6-10H,1H2,(H,11,12);/q;+1/p-1/t2-,3-,4-;/m1./s1. The second-order valence-corrected chi connectivity index (χ2v) is 3.27. The summed E-state index contributed by atoms with van der Waals surface area (Å²) in [5, 5.41) is 43.4. The first-order valence-corrected chi connectivity index (χ1v) is 4.44. The van der Waals surface area contributed by atoms with Crippen molar-refractivity contribution in [3.8, 4) is 0 Å². The van der Waals surface area contributed by atoms with Gasteiger partial charge < -0.3 is 35.3 Å². The first-order chi connectivity index (χ1) is 5.91. The Balaban J connectivity index is 0. The number of rotatable bonds is 4. The summed E-state index contributed by atoms with van der Waals surface area (Å²) in [6.07, 6.45) is -5.78. The van der Waals surface area contributed by atoms with Gasteiger partial charge in [0.1, 0.15) is 12.2 Å². The summed E-state index contributed by atoms with van der Waals surface area (Å²) in [5.41, 5.74) is -1.35. The van der Waals surface area contributed by atoms with Crippen LogP contribution in [0.25, 0.3) is 0 Å². The fourth-order valence-corrected chi connectivity index (χ4v) is 0.948. The monoisotopic (exact) mass is 236 g/mol. The van der Waals surface area contributed by atoms with Gasteiger partial charge in [-0.2, -0.15) is 0 Å². The molecule has 0 radical (unpaired) electrons. The maximum Gasteiger partial charge on any atom is 1.00 e. The molecule has 14 heavy (non-hydrogen) atoms. The minimum Gasteiger partial charge on any atom is -0.631 e. The third-order valence-electron chi connectivity index (χ3n) is 1.36. The van der Waals surface area contributed by atoms with Gasteiger partial charge in [0, 0.05) is 8.00 Å². The van der Waals surface area contributed by atoms with Crippen molar-refractivity contribution in [3.63, 3.8) is 0 Å².